The van der Waals surface area contributed by atoms with Gasteiger partial charge in [0.25, 0.3) is 5.91 Å². The van der Waals surface area contributed by atoms with Gasteiger partial charge in [-0.25, -0.2) is 4.68 Å². The van der Waals surface area contributed by atoms with Crippen LogP contribution in [-0.4, -0.2) is 58.3 Å². The first-order chi connectivity index (χ1) is 14.6. The number of carbonyl (C=O) groups is 1. The Morgan fingerprint density at radius 3 is 2.80 bits per heavy atom. The Bertz CT molecular complexity index is 937. The average Bonchev–Trinajstić information content (AvgIpc) is 3.12. The summed E-state index contributed by atoms with van der Waals surface area (Å²) >= 11 is 0. The number of primary amides is 1. The second kappa shape index (κ2) is 8.73. The normalized spacial score (nSPS) is 22.6. The number of hydrogen-bond donors (Lipinski definition) is 2. The molecule has 2 aliphatic rings. The van der Waals surface area contributed by atoms with E-state index < -0.39 is 5.91 Å². The van der Waals surface area contributed by atoms with Crippen LogP contribution >= 0.6 is 0 Å². The van der Waals surface area contributed by atoms with E-state index in [2.05, 4.69) is 23.2 Å². The standard InChI is InChI=1S/C21H27N7O2/c22-14-27-8-4-7-16(12-27)28-20(23)18(21(24)29)19(25-28)17-13-26(9-10-30-17)11-15-5-2-1-3-6-15/h1-3,5-6,16-17H,4,7-13,23H2,(H2,24,29). The van der Waals surface area contributed by atoms with Gasteiger partial charge >= 0.3 is 0 Å². The minimum Gasteiger partial charge on any atom is -0.383 e. The van der Waals surface area contributed by atoms with Gasteiger partial charge in [-0.2, -0.15) is 10.4 Å². The fourth-order valence-corrected chi connectivity index (χ4v) is 4.32. The lowest BCUT2D eigenvalue weighted by atomic mass is 10.1. The summed E-state index contributed by atoms with van der Waals surface area (Å²) in [7, 11) is 0. The van der Waals surface area contributed by atoms with Gasteiger partial charge in [-0.15, -0.1) is 0 Å². The molecule has 0 saturated carbocycles. The molecule has 4 rings (SSSR count). The molecule has 0 radical (unpaired) electrons. The van der Waals surface area contributed by atoms with E-state index in [0.717, 1.165) is 32.5 Å². The monoisotopic (exact) mass is 409 g/mol. The summed E-state index contributed by atoms with van der Waals surface area (Å²) in [6.45, 7) is 3.97. The zero-order chi connectivity index (χ0) is 21.1. The summed E-state index contributed by atoms with van der Waals surface area (Å²) in [5.41, 5.74) is 13.9. The lowest BCUT2D eigenvalue weighted by molar-refractivity contribution is -0.0356. The molecular formula is C21H27N7O2. The first-order valence-electron chi connectivity index (χ1n) is 10.3. The molecule has 2 aromatic rings. The van der Waals surface area contributed by atoms with E-state index in [1.807, 2.05) is 18.2 Å². The van der Waals surface area contributed by atoms with Crippen molar-refractivity contribution in [3.8, 4) is 6.19 Å². The van der Waals surface area contributed by atoms with Crippen LogP contribution in [0.3, 0.4) is 0 Å². The van der Waals surface area contributed by atoms with Crippen molar-refractivity contribution < 1.29 is 9.53 Å². The topological polar surface area (TPSA) is 126 Å². The van der Waals surface area contributed by atoms with Crippen molar-refractivity contribution in [2.45, 2.75) is 31.5 Å². The molecule has 0 bridgehead atoms. The predicted octanol–water partition coefficient (Wildman–Crippen LogP) is 1.26. The molecule has 2 unspecified atom stereocenters. The molecule has 9 nitrogen and oxygen atoms in total. The molecule has 0 aliphatic carbocycles. The number of piperidine rings is 1. The van der Waals surface area contributed by atoms with Crippen LogP contribution in [0.2, 0.25) is 0 Å². The number of amides is 1. The van der Waals surface area contributed by atoms with E-state index in [1.165, 1.54) is 5.56 Å². The highest BCUT2D eigenvalue weighted by Crippen LogP contribution is 2.32. The van der Waals surface area contributed by atoms with Crippen LogP contribution in [0.1, 0.15) is 46.6 Å². The number of nitriles is 1. The van der Waals surface area contributed by atoms with Gasteiger partial charge in [0.1, 0.15) is 23.2 Å². The SMILES string of the molecule is N#CN1CCCC(n2nc(C3CN(Cc4ccccc4)CCO3)c(C(N)=O)c2N)C1. The van der Waals surface area contributed by atoms with E-state index in [1.54, 1.807) is 9.58 Å². The van der Waals surface area contributed by atoms with Crippen LogP contribution in [0.5, 0.6) is 0 Å². The molecule has 2 fully saturated rings. The van der Waals surface area contributed by atoms with Crippen molar-refractivity contribution in [3.05, 3.63) is 47.2 Å². The predicted molar refractivity (Wildman–Crippen MR) is 111 cm³/mol. The van der Waals surface area contributed by atoms with E-state index in [9.17, 15) is 10.1 Å². The van der Waals surface area contributed by atoms with Crippen molar-refractivity contribution in [2.24, 2.45) is 5.73 Å². The van der Waals surface area contributed by atoms with Crippen LogP contribution in [0.4, 0.5) is 5.82 Å². The minimum absolute atomic E-state index is 0.0748. The molecule has 4 N–H and O–H groups in total. The van der Waals surface area contributed by atoms with Crippen molar-refractivity contribution in [2.75, 3.05) is 38.5 Å². The van der Waals surface area contributed by atoms with Gasteiger partial charge < -0.3 is 21.1 Å². The number of nitrogen functional groups attached to an aromatic ring is 1. The number of carbonyl (C=O) groups excluding carboxylic acids is 1. The number of nitrogens with zero attached hydrogens (tertiary/aromatic N) is 5. The van der Waals surface area contributed by atoms with Crippen LogP contribution in [0, 0.1) is 11.5 Å². The zero-order valence-electron chi connectivity index (χ0n) is 16.9. The maximum atomic E-state index is 12.2. The number of anilines is 1. The maximum absolute atomic E-state index is 12.2. The smallest absolute Gasteiger partial charge is 0.254 e. The van der Waals surface area contributed by atoms with Crippen LogP contribution in [0.15, 0.2) is 30.3 Å². The number of likely N-dealkylation sites (tertiary alicyclic amines) is 1. The Kier molecular flexibility index (Phi) is 5.88. The molecule has 2 atom stereocenters. The first-order valence-corrected chi connectivity index (χ1v) is 10.3. The van der Waals surface area contributed by atoms with Gasteiger partial charge in [-0.3, -0.25) is 9.69 Å². The zero-order valence-corrected chi connectivity index (χ0v) is 16.9. The molecular weight excluding hydrogens is 382 g/mol. The Morgan fingerprint density at radius 1 is 1.27 bits per heavy atom. The summed E-state index contributed by atoms with van der Waals surface area (Å²) in [6, 6.07) is 10.2. The van der Waals surface area contributed by atoms with Crippen molar-refractivity contribution in [3.63, 3.8) is 0 Å². The fourth-order valence-electron chi connectivity index (χ4n) is 4.32. The number of hydrogen-bond acceptors (Lipinski definition) is 7. The Balaban J connectivity index is 1.58. The maximum Gasteiger partial charge on any atom is 0.254 e. The van der Waals surface area contributed by atoms with Gasteiger partial charge in [0.2, 0.25) is 0 Å². The number of morpholine rings is 1. The minimum atomic E-state index is -0.606. The van der Waals surface area contributed by atoms with Crippen molar-refractivity contribution >= 4 is 11.7 Å². The van der Waals surface area contributed by atoms with Crippen LogP contribution in [0.25, 0.3) is 0 Å². The fraction of sp³-hybridized carbons (Fsp3) is 0.476. The average molecular weight is 409 g/mol. The lowest BCUT2D eigenvalue weighted by Crippen LogP contribution is -2.38. The Labute approximate surface area is 175 Å². The Morgan fingerprint density at radius 2 is 2.07 bits per heavy atom. The van der Waals surface area contributed by atoms with Gasteiger partial charge in [0, 0.05) is 26.2 Å². The van der Waals surface area contributed by atoms with Gasteiger partial charge in [0.05, 0.1) is 19.2 Å². The molecule has 2 saturated heterocycles. The van der Waals surface area contributed by atoms with Crippen molar-refractivity contribution in [1.29, 1.82) is 5.26 Å². The number of rotatable bonds is 5. The number of benzene rings is 1. The summed E-state index contributed by atoms with van der Waals surface area (Å²) in [5, 5.41) is 13.9. The van der Waals surface area contributed by atoms with Gasteiger partial charge in [0.15, 0.2) is 6.19 Å². The quantitative estimate of drug-likeness (QED) is 0.712. The van der Waals surface area contributed by atoms with Gasteiger partial charge in [-0.05, 0) is 18.4 Å². The van der Waals surface area contributed by atoms with Crippen LogP contribution < -0.4 is 11.5 Å². The summed E-state index contributed by atoms with van der Waals surface area (Å²) in [5.74, 6) is -0.350. The molecule has 30 heavy (non-hydrogen) atoms. The van der Waals surface area contributed by atoms with E-state index in [0.29, 0.717) is 25.4 Å². The molecule has 1 aromatic heterocycles. The molecule has 158 valence electrons. The third-order valence-corrected chi connectivity index (χ3v) is 5.81. The summed E-state index contributed by atoms with van der Waals surface area (Å²) in [6.07, 6.45) is 3.51. The third-order valence-electron chi connectivity index (χ3n) is 5.81. The van der Waals surface area contributed by atoms with Crippen molar-refractivity contribution in [1.82, 2.24) is 19.6 Å². The number of nitrogens with two attached hydrogens (primary N) is 2. The molecule has 1 aromatic carbocycles. The van der Waals surface area contributed by atoms with E-state index in [-0.39, 0.29) is 23.5 Å². The lowest BCUT2D eigenvalue weighted by Gasteiger charge is -2.32. The summed E-state index contributed by atoms with van der Waals surface area (Å²) in [4.78, 5) is 16.2. The van der Waals surface area contributed by atoms with Gasteiger partial charge in [-0.1, -0.05) is 30.3 Å². The van der Waals surface area contributed by atoms with E-state index in [4.69, 9.17) is 21.3 Å². The molecule has 2 aliphatic heterocycles. The first kappa shape index (κ1) is 20.2. The number of ether oxygens (including phenoxy) is 1. The second-order valence-electron chi connectivity index (χ2n) is 7.88. The second-order valence-corrected chi connectivity index (χ2v) is 7.88. The molecule has 1 amide bonds. The highest BCUT2D eigenvalue weighted by molar-refractivity contribution is 5.98. The Hall–Kier alpha value is -3.09. The highest BCUT2D eigenvalue weighted by Gasteiger charge is 2.33. The highest BCUT2D eigenvalue weighted by atomic mass is 16.5. The summed E-state index contributed by atoms with van der Waals surface area (Å²) < 4.78 is 7.64. The van der Waals surface area contributed by atoms with E-state index >= 15 is 0 Å². The van der Waals surface area contributed by atoms with Crippen LogP contribution in [-0.2, 0) is 11.3 Å². The molecule has 9 heteroatoms. The third kappa shape index (κ3) is 4.10. The number of aromatic nitrogens is 2. The largest absolute Gasteiger partial charge is 0.383 e. The molecule has 3 heterocycles. The molecule has 0 spiro atoms.